The van der Waals surface area contributed by atoms with Gasteiger partial charge in [-0.05, 0) is 34.5 Å². The average Bonchev–Trinajstić information content (AvgIpc) is 3.16. The number of hydrogen-bond donors (Lipinski definition) is 1. The maximum Gasteiger partial charge on any atom is 0.136 e. The fourth-order valence-electron chi connectivity index (χ4n) is 3.65. The zero-order valence-electron chi connectivity index (χ0n) is 13.1. The van der Waals surface area contributed by atoms with Crippen molar-refractivity contribution in [2.75, 3.05) is 39.3 Å². The number of likely N-dealkylation sites (tertiary alicyclic amines) is 1. The molecule has 23 heavy (non-hydrogen) atoms. The Kier molecular flexibility index (Phi) is 5.59. The van der Waals surface area contributed by atoms with Crippen molar-refractivity contribution >= 4 is 34.0 Å². The minimum Gasteiger partial charge on any atom is -0.314 e. The smallest absolute Gasteiger partial charge is 0.136 e. The first-order valence-electron chi connectivity index (χ1n) is 8.08. The quantitative estimate of drug-likeness (QED) is 0.855. The van der Waals surface area contributed by atoms with Crippen molar-refractivity contribution in [3.8, 4) is 0 Å². The third-order valence-corrected chi connectivity index (χ3v) is 5.32. The Labute approximate surface area is 151 Å². The molecule has 5 nitrogen and oxygen atoms in total. The zero-order valence-corrected chi connectivity index (χ0v) is 15.5. The Morgan fingerprint density at radius 3 is 2.87 bits per heavy atom. The largest absolute Gasteiger partial charge is 0.314 e. The first kappa shape index (κ1) is 17.2. The molecule has 0 spiro atoms. The number of imidazole rings is 1. The Morgan fingerprint density at radius 2 is 2.04 bits per heavy atom. The van der Waals surface area contributed by atoms with E-state index >= 15 is 0 Å². The first-order valence-corrected chi connectivity index (χ1v) is 8.87. The number of halogens is 2. The highest BCUT2D eigenvalue weighted by Gasteiger charge is 2.28. The van der Waals surface area contributed by atoms with Gasteiger partial charge in [-0.15, -0.1) is 12.4 Å². The number of aromatic nitrogens is 2. The van der Waals surface area contributed by atoms with Crippen LogP contribution in [0.4, 0.5) is 0 Å². The number of rotatable bonds is 3. The molecule has 0 amide bonds. The van der Waals surface area contributed by atoms with E-state index in [2.05, 4.69) is 52.7 Å². The number of piperazine rings is 1. The molecule has 1 atom stereocenters. The Bertz CT molecular complexity index is 655. The predicted octanol–water partition coefficient (Wildman–Crippen LogP) is 2.00. The van der Waals surface area contributed by atoms with Crippen LogP contribution in [-0.2, 0) is 6.54 Å². The summed E-state index contributed by atoms with van der Waals surface area (Å²) in [5, 5.41) is 3.44. The van der Waals surface area contributed by atoms with Crippen LogP contribution in [0.3, 0.4) is 0 Å². The highest BCUT2D eigenvalue weighted by Crippen LogP contribution is 2.20. The second-order valence-electron chi connectivity index (χ2n) is 6.29. The van der Waals surface area contributed by atoms with E-state index in [0.29, 0.717) is 0 Å². The summed E-state index contributed by atoms with van der Waals surface area (Å²) in [6.07, 6.45) is 5.42. The van der Waals surface area contributed by atoms with Gasteiger partial charge in [-0.3, -0.25) is 9.80 Å². The van der Waals surface area contributed by atoms with Gasteiger partial charge >= 0.3 is 0 Å². The lowest BCUT2D eigenvalue weighted by atomic mass is 10.2. The molecule has 2 aliphatic heterocycles. The van der Waals surface area contributed by atoms with E-state index < -0.39 is 0 Å². The molecule has 4 rings (SSSR count). The summed E-state index contributed by atoms with van der Waals surface area (Å²) in [6, 6.07) is 4.83. The monoisotopic (exact) mass is 399 g/mol. The lowest BCUT2D eigenvalue weighted by Crippen LogP contribution is -2.49. The van der Waals surface area contributed by atoms with E-state index in [1.54, 1.807) is 0 Å². The Morgan fingerprint density at radius 1 is 1.22 bits per heavy atom. The molecule has 0 bridgehead atoms. The van der Waals surface area contributed by atoms with Crippen LogP contribution in [0.15, 0.2) is 29.0 Å². The molecule has 0 aromatic carbocycles. The average molecular weight is 401 g/mol. The second-order valence-corrected chi connectivity index (χ2v) is 7.20. The van der Waals surface area contributed by atoms with Crippen molar-refractivity contribution in [3.63, 3.8) is 0 Å². The summed E-state index contributed by atoms with van der Waals surface area (Å²) in [5.41, 5.74) is 2.30. The van der Waals surface area contributed by atoms with Crippen molar-refractivity contribution in [1.29, 1.82) is 0 Å². The fraction of sp³-hybridized carbons (Fsp3) is 0.562. The van der Waals surface area contributed by atoms with E-state index in [0.717, 1.165) is 35.8 Å². The van der Waals surface area contributed by atoms with Crippen molar-refractivity contribution in [3.05, 3.63) is 34.7 Å². The van der Waals surface area contributed by atoms with Crippen molar-refractivity contribution in [2.45, 2.75) is 19.0 Å². The molecule has 7 heteroatoms. The molecule has 1 N–H and O–H groups in total. The first-order chi connectivity index (χ1) is 10.8. The number of nitrogens with zero attached hydrogens (tertiary/aromatic N) is 4. The number of pyridine rings is 1. The van der Waals surface area contributed by atoms with Crippen LogP contribution in [0.2, 0.25) is 0 Å². The minimum atomic E-state index is 0. The van der Waals surface area contributed by atoms with Gasteiger partial charge in [0.15, 0.2) is 0 Å². The van der Waals surface area contributed by atoms with Gasteiger partial charge < -0.3 is 9.72 Å². The zero-order chi connectivity index (χ0) is 14.9. The second kappa shape index (κ2) is 7.49. The van der Waals surface area contributed by atoms with Gasteiger partial charge in [-0.1, -0.05) is 0 Å². The molecule has 2 fully saturated rings. The van der Waals surface area contributed by atoms with Crippen molar-refractivity contribution in [1.82, 2.24) is 24.5 Å². The van der Waals surface area contributed by atoms with Crippen molar-refractivity contribution in [2.24, 2.45) is 0 Å². The van der Waals surface area contributed by atoms with Crippen LogP contribution in [0.5, 0.6) is 0 Å². The fourth-order valence-corrected chi connectivity index (χ4v) is 3.99. The number of nitrogens with one attached hydrogen (secondary N) is 1. The molecule has 2 saturated heterocycles. The van der Waals surface area contributed by atoms with Crippen LogP contribution in [-0.4, -0.2) is 64.5 Å². The maximum atomic E-state index is 4.51. The van der Waals surface area contributed by atoms with Gasteiger partial charge in [0.25, 0.3) is 0 Å². The van der Waals surface area contributed by atoms with Crippen LogP contribution >= 0.6 is 28.3 Å². The molecule has 2 aliphatic rings. The van der Waals surface area contributed by atoms with E-state index in [4.69, 9.17) is 0 Å². The molecule has 0 radical (unpaired) electrons. The van der Waals surface area contributed by atoms with Crippen molar-refractivity contribution < 1.29 is 0 Å². The van der Waals surface area contributed by atoms with Crippen LogP contribution < -0.4 is 5.32 Å². The van der Waals surface area contributed by atoms with Gasteiger partial charge in [0.2, 0.25) is 0 Å². The molecule has 2 aromatic rings. The van der Waals surface area contributed by atoms with E-state index in [-0.39, 0.29) is 12.4 Å². The molecule has 0 aliphatic carbocycles. The van der Waals surface area contributed by atoms with Crippen LogP contribution in [0, 0.1) is 0 Å². The Balaban J connectivity index is 0.00000156. The summed E-state index contributed by atoms with van der Waals surface area (Å²) in [6.45, 7) is 8.02. The van der Waals surface area contributed by atoms with Gasteiger partial charge in [0.05, 0.1) is 11.9 Å². The highest BCUT2D eigenvalue weighted by atomic mass is 79.9. The van der Waals surface area contributed by atoms with Gasteiger partial charge in [0.1, 0.15) is 5.65 Å². The summed E-state index contributed by atoms with van der Waals surface area (Å²) in [7, 11) is 0. The molecule has 126 valence electrons. The van der Waals surface area contributed by atoms with E-state index in [1.165, 1.54) is 38.3 Å². The van der Waals surface area contributed by atoms with Crippen LogP contribution in [0.1, 0.15) is 12.1 Å². The topological polar surface area (TPSA) is 35.8 Å². The van der Waals surface area contributed by atoms with E-state index in [1.807, 2.05) is 12.3 Å². The van der Waals surface area contributed by atoms with E-state index in [9.17, 15) is 0 Å². The number of hydrogen-bond acceptors (Lipinski definition) is 4. The SMILES string of the molecule is Brc1ccc2ncc(CN3CCC(N4CCNCC4)C3)n2c1.Cl. The third-order valence-electron chi connectivity index (χ3n) is 4.85. The van der Waals surface area contributed by atoms with Gasteiger partial charge in [-0.25, -0.2) is 4.98 Å². The third kappa shape index (κ3) is 3.72. The normalized spacial score (nSPS) is 23.3. The summed E-state index contributed by atoms with van der Waals surface area (Å²) < 4.78 is 3.29. The molecule has 2 aromatic heterocycles. The lowest BCUT2D eigenvalue weighted by molar-refractivity contribution is 0.170. The van der Waals surface area contributed by atoms with Gasteiger partial charge in [-0.2, -0.15) is 0 Å². The Hall–Kier alpha value is -0.660. The molecule has 4 heterocycles. The summed E-state index contributed by atoms with van der Waals surface area (Å²) in [4.78, 5) is 9.73. The lowest BCUT2D eigenvalue weighted by Gasteiger charge is -2.32. The molecule has 1 unspecified atom stereocenters. The molecular weight excluding hydrogens is 378 g/mol. The molecule has 0 saturated carbocycles. The predicted molar refractivity (Wildman–Crippen MR) is 98.3 cm³/mol. The number of fused-ring (bicyclic) bond motifs is 1. The van der Waals surface area contributed by atoms with Gasteiger partial charge in [0, 0.05) is 62.5 Å². The summed E-state index contributed by atoms with van der Waals surface area (Å²) in [5.74, 6) is 0. The highest BCUT2D eigenvalue weighted by molar-refractivity contribution is 9.10. The summed E-state index contributed by atoms with van der Waals surface area (Å²) >= 11 is 3.55. The minimum absolute atomic E-state index is 0. The van der Waals surface area contributed by atoms with Crippen LogP contribution in [0.25, 0.3) is 5.65 Å². The maximum absolute atomic E-state index is 4.51. The molecular formula is C16H23BrClN5. The standard InChI is InChI=1S/C16H22BrN5.ClH/c17-13-1-2-16-19-9-15(22(16)10-13)12-20-6-3-14(11-20)21-7-4-18-5-8-21;/h1-2,9-10,14,18H,3-8,11-12H2;1H.